The van der Waals surface area contributed by atoms with Crippen molar-refractivity contribution in [3.8, 4) is 0 Å². The predicted molar refractivity (Wildman–Crippen MR) is 74.9 cm³/mol. The van der Waals surface area contributed by atoms with Crippen LogP contribution < -0.4 is 4.72 Å². The summed E-state index contributed by atoms with van der Waals surface area (Å²) in [6, 6.07) is 3.39. The van der Waals surface area contributed by atoms with E-state index in [1.807, 2.05) is 13.8 Å². The summed E-state index contributed by atoms with van der Waals surface area (Å²) in [6.07, 6.45) is 1.40. The zero-order valence-corrected chi connectivity index (χ0v) is 12.7. The van der Waals surface area contributed by atoms with Crippen LogP contribution in [-0.2, 0) is 21.2 Å². The number of nitrogens with one attached hydrogen (secondary N) is 1. The Morgan fingerprint density at radius 3 is 2.58 bits per heavy atom. The van der Waals surface area contributed by atoms with Crippen LogP contribution in [0, 0.1) is 5.92 Å². The fourth-order valence-corrected chi connectivity index (χ4v) is 4.06. The maximum absolute atomic E-state index is 12.0. The Morgan fingerprint density at radius 2 is 2.11 bits per heavy atom. The Hall–Kier alpha value is -0.920. The van der Waals surface area contributed by atoms with Gasteiger partial charge >= 0.3 is 5.97 Å². The highest BCUT2D eigenvalue weighted by molar-refractivity contribution is 7.91. The van der Waals surface area contributed by atoms with E-state index >= 15 is 0 Å². The van der Waals surface area contributed by atoms with Crippen molar-refractivity contribution < 1.29 is 18.3 Å². The van der Waals surface area contributed by atoms with Crippen LogP contribution in [-0.4, -0.2) is 26.0 Å². The molecule has 19 heavy (non-hydrogen) atoms. The molecule has 1 heterocycles. The molecule has 7 heteroatoms. The van der Waals surface area contributed by atoms with Crippen LogP contribution in [0.1, 0.15) is 31.6 Å². The summed E-state index contributed by atoms with van der Waals surface area (Å²) in [6.45, 7) is 3.97. The van der Waals surface area contributed by atoms with Gasteiger partial charge in [-0.15, -0.1) is 11.3 Å². The second-order valence-electron chi connectivity index (χ2n) is 4.30. The second kappa shape index (κ2) is 7.02. The lowest BCUT2D eigenvalue weighted by atomic mass is 10.0. The standard InChI is InChI=1S/C12H19NO4S2/c1-3-9(7-11(14)15)8-13-19(16,17)12-6-5-10(4-2)18-12/h5-6,9,13H,3-4,7-8H2,1-2H3,(H,14,15). The summed E-state index contributed by atoms with van der Waals surface area (Å²) in [5.74, 6) is -1.09. The van der Waals surface area contributed by atoms with Gasteiger partial charge in [-0.25, -0.2) is 13.1 Å². The maximum atomic E-state index is 12.0. The van der Waals surface area contributed by atoms with Gasteiger partial charge in [0, 0.05) is 17.8 Å². The van der Waals surface area contributed by atoms with Crippen molar-refractivity contribution in [1.29, 1.82) is 0 Å². The molecule has 0 radical (unpaired) electrons. The minimum Gasteiger partial charge on any atom is -0.481 e. The van der Waals surface area contributed by atoms with Gasteiger partial charge < -0.3 is 5.11 Å². The fourth-order valence-electron chi connectivity index (χ4n) is 1.60. The molecule has 5 nitrogen and oxygen atoms in total. The Morgan fingerprint density at radius 1 is 1.42 bits per heavy atom. The van der Waals surface area contributed by atoms with Crippen LogP contribution in [0.15, 0.2) is 16.3 Å². The molecule has 0 amide bonds. The first-order chi connectivity index (χ1) is 8.89. The average molecular weight is 305 g/mol. The van der Waals surface area contributed by atoms with Gasteiger partial charge in [-0.05, 0) is 24.5 Å². The van der Waals surface area contributed by atoms with Gasteiger partial charge in [0.25, 0.3) is 0 Å². The first kappa shape index (κ1) is 16.1. The van der Waals surface area contributed by atoms with E-state index in [0.29, 0.717) is 6.42 Å². The van der Waals surface area contributed by atoms with Crippen molar-refractivity contribution in [3.05, 3.63) is 17.0 Å². The molecule has 0 aliphatic carbocycles. The molecule has 0 spiro atoms. The molecule has 1 rings (SSSR count). The smallest absolute Gasteiger partial charge is 0.303 e. The van der Waals surface area contributed by atoms with E-state index in [1.165, 1.54) is 11.3 Å². The lowest BCUT2D eigenvalue weighted by molar-refractivity contribution is -0.138. The van der Waals surface area contributed by atoms with E-state index in [0.717, 1.165) is 11.3 Å². The van der Waals surface area contributed by atoms with E-state index < -0.39 is 16.0 Å². The molecular weight excluding hydrogens is 286 g/mol. The van der Waals surface area contributed by atoms with Gasteiger partial charge in [0.15, 0.2) is 0 Å². The SMILES string of the molecule is CCc1ccc(S(=O)(=O)NCC(CC)CC(=O)O)s1. The normalized spacial score (nSPS) is 13.4. The van der Waals surface area contributed by atoms with E-state index in [9.17, 15) is 13.2 Å². The number of hydrogen-bond donors (Lipinski definition) is 2. The Balaban J connectivity index is 2.66. The number of aryl methyl sites for hydroxylation is 1. The summed E-state index contributed by atoms with van der Waals surface area (Å²) < 4.78 is 26.8. The van der Waals surface area contributed by atoms with Crippen LogP contribution in [0.2, 0.25) is 0 Å². The van der Waals surface area contributed by atoms with E-state index in [4.69, 9.17) is 5.11 Å². The summed E-state index contributed by atoms with van der Waals surface area (Å²) in [5, 5.41) is 8.72. The topological polar surface area (TPSA) is 83.5 Å². The van der Waals surface area contributed by atoms with Crippen LogP contribution in [0.4, 0.5) is 0 Å². The molecule has 2 N–H and O–H groups in total. The Labute approximate surface area is 117 Å². The van der Waals surface area contributed by atoms with Crippen molar-refractivity contribution in [2.75, 3.05) is 6.54 Å². The highest BCUT2D eigenvalue weighted by Gasteiger charge is 2.19. The van der Waals surface area contributed by atoms with Crippen LogP contribution >= 0.6 is 11.3 Å². The van der Waals surface area contributed by atoms with Crippen molar-refractivity contribution >= 4 is 27.3 Å². The molecule has 0 saturated carbocycles. The van der Waals surface area contributed by atoms with E-state index in [2.05, 4.69) is 4.72 Å². The number of thiophene rings is 1. The molecule has 0 fully saturated rings. The third-order valence-corrected chi connectivity index (χ3v) is 6.00. The molecule has 0 saturated heterocycles. The highest BCUT2D eigenvalue weighted by atomic mass is 32.2. The summed E-state index contributed by atoms with van der Waals surface area (Å²) in [7, 11) is -3.51. The summed E-state index contributed by atoms with van der Waals surface area (Å²) in [4.78, 5) is 11.6. The van der Waals surface area contributed by atoms with Crippen molar-refractivity contribution in [2.45, 2.75) is 37.3 Å². The van der Waals surface area contributed by atoms with E-state index in [1.54, 1.807) is 12.1 Å². The molecule has 0 aliphatic heterocycles. The van der Waals surface area contributed by atoms with Crippen molar-refractivity contribution in [2.24, 2.45) is 5.92 Å². The average Bonchev–Trinajstić information content (AvgIpc) is 2.83. The first-order valence-corrected chi connectivity index (χ1v) is 8.49. The number of aliphatic carboxylic acids is 1. The van der Waals surface area contributed by atoms with Gasteiger partial charge in [0.05, 0.1) is 0 Å². The Bertz CT molecular complexity index is 522. The number of hydrogen-bond acceptors (Lipinski definition) is 4. The third-order valence-electron chi connectivity index (χ3n) is 2.85. The number of rotatable bonds is 8. The molecule has 0 bridgehead atoms. The van der Waals surface area contributed by atoms with E-state index in [-0.39, 0.29) is 23.1 Å². The fraction of sp³-hybridized carbons (Fsp3) is 0.583. The van der Waals surface area contributed by atoms with Crippen LogP contribution in [0.25, 0.3) is 0 Å². The largest absolute Gasteiger partial charge is 0.481 e. The van der Waals surface area contributed by atoms with Gasteiger partial charge in [0.1, 0.15) is 4.21 Å². The predicted octanol–water partition coefficient (Wildman–Crippen LogP) is 2.09. The number of carbonyl (C=O) groups is 1. The monoisotopic (exact) mass is 305 g/mol. The maximum Gasteiger partial charge on any atom is 0.303 e. The van der Waals surface area contributed by atoms with Crippen molar-refractivity contribution in [1.82, 2.24) is 4.72 Å². The molecule has 108 valence electrons. The van der Waals surface area contributed by atoms with Gasteiger partial charge in [-0.2, -0.15) is 0 Å². The lowest BCUT2D eigenvalue weighted by Gasteiger charge is -2.12. The van der Waals surface area contributed by atoms with Gasteiger partial charge in [-0.1, -0.05) is 20.3 Å². The molecular formula is C12H19NO4S2. The van der Waals surface area contributed by atoms with Gasteiger partial charge in [0.2, 0.25) is 10.0 Å². The molecule has 0 aliphatic rings. The number of carboxylic acids is 1. The number of sulfonamides is 1. The minimum atomic E-state index is -3.51. The Kier molecular flexibility index (Phi) is 5.96. The summed E-state index contributed by atoms with van der Waals surface area (Å²) >= 11 is 1.25. The number of carboxylic acid groups (broad SMARTS) is 1. The summed E-state index contributed by atoms with van der Waals surface area (Å²) in [5.41, 5.74) is 0. The van der Waals surface area contributed by atoms with Crippen LogP contribution in [0.5, 0.6) is 0 Å². The van der Waals surface area contributed by atoms with Crippen LogP contribution in [0.3, 0.4) is 0 Å². The zero-order chi connectivity index (χ0) is 14.5. The van der Waals surface area contributed by atoms with Gasteiger partial charge in [-0.3, -0.25) is 4.79 Å². The quantitative estimate of drug-likeness (QED) is 0.770. The minimum absolute atomic E-state index is 0.0241. The molecule has 1 aromatic heterocycles. The molecule has 1 unspecified atom stereocenters. The lowest BCUT2D eigenvalue weighted by Crippen LogP contribution is -2.29. The third kappa shape index (κ3) is 4.93. The molecule has 1 atom stereocenters. The molecule has 1 aromatic rings. The first-order valence-electron chi connectivity index (χ1n) is 6.19. The molecule has 0 aromatic carbocycles. The van der Waals surface area contributed by atoms with Crippen molar-refractivity contribution in [3.63, 3.8) is 0 Å². The zero-order valence-electron chi connectivity index (χ0n) is 11.0. The highest BCUT2D eigenvalue weighted by Crippen LogP contribution is 2.22. The second-order valence-corrected chi connectivity index (χ2v) is 7.46.